The maximum Gasteiger partial charge on any atom is 0.215 e. The van der Waals surface area contributed by atoms with E-state index in [0.717, 1.165) is 10.9 Å². The monoisotopic (exact) mass is 272 g/mol. The molecule has 5 nitrogen and oxygen atoms in total. The van der Waals surface area contributed by atoms with Gasteiger partial charge in [0.25, 0.3) is 0 Å². The molecule has 5 heteroatoms. The number of rotatable bonds is 7. The summed E-state index contributed by atoms with van der Waals surface area (Å²) in [6.07, 6.45) is 0. The SMILES string of the molecule is COCCOCCOc1cc(C#N)c2ccccc2n1. The van der Waals surface area contributed by atoms with Crippen LogP contribution in [0.1, 0.15) is 5.56 Å². The van der Waals surface area contributed by atoms with Gasteiger partial charge in [-0.1, -0.05) is 18.2 Å². The number of nitriles is 1. The van der Waals surface area contributed by atoms with Crippen LogP contribution in [0.5, 0.6) is 5.88 Å². The fourth-order valence-electron chi connectivity index (χ4n) is 1.77. The third kappa shape index (κ3) is 3.67. The summed E-state index contributed by atoms with van der Waals surface area (Å²) >= 11 is 0. The number of benzene rings is 1. The highest BCUT2D eigenvalue weighted by Gasteiger charge is 2.05. The summed E-state index contributed by atoms with van der Waals surface area (Å²) in [5.74, 6) is 0.440. The largest absolute Gasteiger partial charge is 0.475 e. The Hall–Kier alpha value is -2.16. The number of para-hydroxylation sites is 1. The van der Waals surface area contributed by atoms with Gasteiger partial charge in [-0.05, 0) is 6.07 Å². The van der Waals surface area contributed by atoms with Gasteiger partial charge in [0.05, 0.1) is 30.9 Å². The van der Waals surface area contributed by atoms with Gasteiger partial charge in [0, 0.05) is 18.6 Å². The topological polar surface area (TPSA) is 64.4 Å². The summed E-state index contributed by atoms with van der Waals surface area (Å²) in [4.78, 5) is 4.36. The molecule has 0 aliphatic rings. The Morgan fingerprint density at radius 2 is 1.95 bits per heavy atom. The number of ether oxygens (including phenoxy) is 3. The fourth-order valence-corrected chi connectivity index (χ4v) is 1.77. The minimum atomic E-state index is 0.389. The highest BCUT2D eigenvalue weighted by atomic mass is 16.5. The number of nitrogens with zero attached hydrogens (tertiary/aromatic N) is 2. The normalized spacial score (nSPS) is 10.4. The molecule has 0 N–H and O–H groups in total. The molecule has 0 atom stereocenters. The molecule has 2 rings (SSSR count). The van der Waals surface area contributed by atoms with Crippen LogP contribution in [-0.4, -0.2) is 38.5 Å². The predicted molar refractivity (Wildman–Crippen MR) is 74.6 cm³/mol. The molecule has 0 aliphatic heterocycles. The van der Waals surface area contributed by atoms with Gasteiger partial charge < -0.3 is 14.2 Å². The van der Waals surface area contributed by atoms with Gasteiger partial charge in [0.15, 0.2) is 0 Å². The molecule has 1 heterocycles. The molecule has 0 unspecified atom stereocenters. The lowest BCUT2D eigenvalue weighted by Crippen LogP contribution is -2.10. The summed E-state index contributed by atoms with van der Waals surface area (Å²) in [7, 11) is 1.63. The predicted octanol–water partition coefficient (Wildman–Crippen LogP) is 2.15. The van der Waals surface area contributed by atoms with Crippen molar-refractivity contribution in [1.29, 1.82) is 5.26 Å². The van der Waals surface area contributed by atoms with E-state index in [-0.39, 0.29) is 0 Å². The number of fused-ring (bicyclic) bond motifs is 1. The van der Waals surface area contributed by atoms with Crippen molar-refractivity contribution in [3.63, 3.8) is 0 Å². The molecule has 104 valence electrons. The molecule has 0 spiro atoms. The minimum absolute atomic E-state index is 0.389. The number of methoxy groups -OCH3 is 1. The summed E-state index contributed by atoms with van der Waals surface area (Å²) < 4.78 is 15.7. The average Bonchev–Trinajstić information content (AvgIpc) is 2.50. The molecule has 0 bridgehead atoms. The summed E-state index contributed by atoms with van der Waals surface area (Å²) in [5, 5.41) is 9.99. The van der Waals surface area contributed by atoms with E-state index in [9.17, 15) is 0 Å². The second-order valence-corrected chi connectivity index (χ2v) is 4.09. The van der Waals surface area contributed by atoms with Crippen LogP contribution in [0.3, 0.4) is 0 Å². The lowest BCUT2D eigenvalue weighted by molar-refractivity contribution is 0.0537. The van der Waals surface area contributed by atoms with Crippen molar-refractivity contribution >= 4 is 10.9 Å². The lowest BCUT2D eigenvalue weighted by atomic mass is 10.1. The van der Waals surface area contributed by atoms with Crippen molar-refractivity contribution in [1.82, 2.24) is 4.98 Å². The van der Waals surface area contributed by atoms with Crippen LogP contribution in [0.2, 0.25) is 0 Å². The zero-order chi connectivity index (χ0) is 14.2. The van der Waals surface area contributed by atoms with E-state index in [1.807, 2.05) is 24.3 Å². The molecule has 0 fully saturated rings. The molecule has 0 aliphatic carbocycles. The fraction of sp³-hybridized carbons (Fsp3) is 0.333. The molecule has 0 radical (unpaired) electrons. The third-order valence-electron chi connectivity index (χ3n) is 2.72. The first-order valence-corrected chi connectivity index (χ1v) is 6.34. The molecule has 0 amide bonds. The number of aromatic nitrogens is 1. The van der Waals surface area contributed by atoms with Gasteiger partial charge in [0.1, 0.15) is 12.7 Å². The Labute approximate surface area is 117 Å². The minimum Gasteiger partial charge on any atom is -0.475 e. The van der Waals surface area contributed by atoms with Crippen molar-refractivity contribution in [2.45, 2.75) is 0 Å². The Morgan fingerprint density at radius 1 is 1.15 bits per heavy atom. The first-order chi connectivity index (χ1) is 9.85. The Kier molecular flexibility index (Phi) is 5.30. The standard InChI is InChI=1S/C15H16N2O3/c1-18-6-7-19-8-9-20-15-10-12(11-16)13-4-2-3-5-14(13)17-15/h2-5,10H,6-9H2,1H3. The van der Waals surface area contributed by atoms with E-state index in [4.69, 9.17) is 19.5 Å². The van der Waals surface area contributed by atoms with E-state index in [1.165, 1.54) is 0 Å². The van der Waals surface area contributed by atoms with Crippen LogP contribution in [0.25, 0.3) is 10.9 Å². The molecule has 1 aromatic carbocycles. The Balaban J connectivity index is 1.99. The highest BCUT2D eigenvalue weighted by Crippen LogP contribution is 2.21. The highest BCUT2D eigenvalue weighted by molar-refractivity contribution is 5.85. The Bertz CT molecular complexity index is 608. The van der Waals surface area contributed by atoms with Crippen molar-refractivity contribution in [3.05, 3.63) is 35.9 Å². The molecule has 0 saturated heterocycles. The second-order valence-electron chi connectivity index (χ2n) is 4.09. The quantitative estimate of drug-likeness (QED) is 0.723. The van der Waals surface area contributed by atoms with Crippen LogP contribution in [0.4, 0.5) is 0 Å². The molecule has 0 saturated carbocycles. The van der Waals surface area contributed by atoms with Crippen LogP contribution >= 0.6 is 0 Å². The van der Waals surface area contributed by atoms with E-state index in [0.29, 0.717) is 37.9 Å². The zero-order valence-electron chi connectivity index (χ0n) is 11.3. The smallest absolute Gasteiger partial charge is 0.215 e. The van der Waals surface area contributed by atoms with Gasteiger partial charge in [-0.25, -0.2) is 4.98 Å². The number of hydrogen-bond donors (Lipinski definition) is 0. The summed E-state index contributed by atoms with van der Waals surface area (Å²) in [5.41, 5.74) is 1.31. The van der Waals surface area contributed by atoms with Crippen molar-refractivity contribution < 1.29 is 14.2 Å². The van der Waals surface area contributed by atoms with Crippen LogP contribution in [0.15, 0.2) is 30.3 Å². The van der Waals surface area contributed by atoms with Gasteiger partial charge in [-0.2, -0.15) is 5.26 Å². The lowest BCUT2D eigenvalue weighted by Gasteiger charge is -2.08. The zero-order valence-corrected chi connectivity index (χ0v) is 11.3. The average molecular weight is 272 g/mol. The Morgan fingerprint density at radius 3 is 2.75 bits per heavy atom. The summed E-state index contributed by atoms with van der Waals surface area (Å²) in [6.45, 7) is 1.95. The molecular weight excluding hydrogens is 256 g/mol. The van der Waals surface area contributed by atoms with Gasteiger partial charge in [0.2, 0.25) is 5.88 Å². The van der Waals surface area contributed by atoms with Gasteiger partial charge >= 0.3 is 0 Å². The molecule has 20 heavy (non-hydrogen) atoms. The maximum atomic E-state index is 9.16. The van der Waals surface area contributed by atoms with Crippen LogP contribution in [-0.2, 0) is 9.47 Å². The van der Waals surface area contributed by atoms with Crippen LogP contribution < -0.4 is 4.74 Å². The number of hydrogen-bond acceptors (Lipinski definition) is 5. The first kappa shape index (κ1) is 14.3. The van der Waals surface area contributed by atoms with E-state index in [1.54, 1.807) is 13.2 Å². The molecule has 1 aromatic heterocycles. The molecule has 2 aromatic rings. The maximum absolute atomic E-state index is 9.16. The van der Waals surface area contributed by atoms with Gasteiger partial charge in [-0.15, -0.1) is 0 Å². The van der Waals surface area contributed by atoms with Crippen LogP contribution in [0, 0.1) is 11.3 Å². The third-order valence-corrected chi connectivity index (χ3v) is 2.72. The van der Waals surface area contributed by atoms with Crippen molar-refractivity contribution in [2.24, 2.45) is 0 Å². The number of pyridine rings is 1. The summed E-state index contributed by atoms with van der Waals surface area (Å²) in [6, 6.07) is 11.3. The molecular formula is C15H16N2O3. The first-order valence-electron chi connectivity index (χ1n) is 6.34. The van der Waals surface area contributed by atoms with Gasteiger partial charge in [-0.3, -0.25) is 0 Å². The van der Waals surface area contributed by atoms with Crippen molar-refractivity contribution in [2.75, 3.05) is 33.5 Å². The van der Waals surface area contributed by atoms with Crippen molar-refractivity contribution in [3.8, 4) is 11.9 Å². The van der Waals surface area contributed by atoms with E-state index < -0.39 is 0 Å². The van der Waals surface area contributed by atoms with E-state index >= 15 is 0 Å². The van der Waals surface area contributed by atoms with E-state index in [2.05, 4.69) is 11.1 Å². The second kappa shape index (κ2) is 7.43.